The van der Waals surface area contributed by atoms with E-state index in [1.807, 2.05) is 57.5 Å². The minimum Gasteiger partial charge on any atom is -0.319 e. The molecule has 104 valence electrons. The SMILES string of the molecule is CCOP(=O)(OCC)c1cc(C)n(N(C)C)c1C. The topological polar surface area (TPSA) is 43.7 Å². The first-order valence-electron chi connectivity index (χ1n) is 6.13. The normalized spacial score (nSPS) is 11.9. The molecule has 5 nitrogen and oxygen atoms in total. The van der Waals surface area contributed by atoms with Gasteiger partial charge in [-0.2, -0.15) is 0 Å². The van der Waals surface area contributed by atoms with E-state index < -0.39 is 7.60 Å². The zero-order valence-electron chi connectivity index (χ0n) is 12.1. The maximum atomic E-state index is 12.7. The maximum absolute atomic E-state index is 12.7. The van der Waals surface area contributed by atoms with Crippen molar-refractivity contribution in [2.45, 2.75) is 27.7 Å². The molecule has 1 aromatic rings. The first-order chi connectivity index (χ1) is 8.37. The molecule has 0 saturated carbocycles. The molecule has 0 N–H and O–H groups in total. The zero-order valence-corrected chi connectivity index (χ0v) is 13.0. The van der Waals surface area contributed by atoms with Gasteiger partial charge >= 0.3 is 7.60 Å². The number of rotatable bonds is 6. The van der Waals surface area contributed by atoms with Crippen molar-refractivity contribution in [3.8, 4) is 0 Å². The van der Waals surface area contributed by atoms with E-state index in [1.165, 1.54) is 0 Å². The molecule has 1 rings (SSSR count). The van der Waals surface area contributed by atoms with Crippen LogP contribution in [0.1, 0.15) is 25.2 Å². The fourth-order valence-electron chi connectivity index (χ4n) is 2.15. The Balaban J connectivity index is 3.30. The van der Waals surface area contributed by atoms with Crippen molar-refractivity contribution < 1.29 is 13.6 Å². The standard InChI is InChI=1S/C12H23N2O3P/c1-7-16-18(15,17-8-2)12-9-10(3)14(11(12)4)13(5)6/h9H,7-8H2,1-6H3. The van der Waals surface area contributed by atoms with Crippen LogP contribution in [0.2, 0.25) is 0 Å². The van der Waals surface area contributed by atoms with Crippen molar-refractivity contribution in [1.82, 2.24) is 4.68 Å². The van der Waals surface area contributed by atoms with Gasteiger partial charge in [-0.25, -0.2) is 0 Å². The fraction of sp³-hybridized carbons (Fsp3) is 0.667. The van der Waals surface area contributed by atoms with Crippen molar-refractivity contribution in [3.05, 3.63) is 17.5 Å². The molecule has 18 heavy (non-hydrogen) atoms. The second-order valence-corrected chi connectivity index (χ2v) is 6.24. The molecule has 0 fully saturated rings. The van der Waals surface area contributed by atoms with Crippen LogP contribution in [0.4, 0.5) is 0 Å². The van der Waals surface area contributed by atoms with Crippen LogP contribution in [-0.2, 0) is 13.6 Å². The first-order valence-corrected chi connectivity index (χ1v) is 7.67. The third-order valence-corrected chi connectivity index (χ3v) is 4.90. The average Bonchev–Trinajstić information content (AvgIpc) is 2.55. The van der Waals surface area contributed by atoms with Gasteiger partial charge in [-0.1, -0.05) is 0 Å². The van der Waals surface area contributed by atoms with E-state index in [9.17, 15) is 4.57 Å². The lowest BCUT2D eigenvalue weighted by molar-refractivity contribution is 0.230. The van der Waals surface area contributed by atoms with Crippen LogP contribution in [0.3, 0.4) is 0 Å². The smallest absolute Gasteiger partial charge is 0.319 e. The molecule has 0 aromatic carbocycles. The number of hydrogen-bond acceptors (Lipinski definition) is 4. The fourth-order valence-corrected chi connectivity index (χ4v) is 4.01. The van der Waals surface area contributed by atoms with Crippen molar-refractivity contribution in [3.63, 3.8) is 0 Å². The average molecular weight is 274 g/mol. The molecule has 0 atom stereocenters. The van der Waals surface area contributed by atoms with Crippen molar-refractivity contribution in [2.75, 3.05) is 32.3 Å². The summed E-state index contributed by atoms with van der Waals surface area (Å²) in [5, 5.41) is 2.59. The summed E-state index contributed by atoms with van der Waals surface area (Å²) in [4.78, 5) is 0. The van der Waals surface area contributed by atoms with Gasteiger partial charge in [-0.15, -0.1) is 0 Å². The summed E-state index contributed by atoms with van der Waals surface area (Å²) in [6.45, 7) is 8.26. The molecule has 0 aliphatic carbocycles. The summed E-state index contributed by atoms with van der Waals surface area (Å²) < 4.78 is 25.5. The third kappa shape index (κ3) is 2.79. The Morgan fingerprint density at radius 3 is 2.06 bits per heavy atom. The van der Waals surface area contributed by atoms with Crippen LogP contribution < -0.4 is 10.3 Å². The molecular formula is C12H23N2O3P. The van der Waals surface area contributed by atoms with Gasteiger partial charge in [-0.05, 0) is 33.8 Å². The first kappa shape index (κ1) is 15.3. The number of aryl methyl sites for hydroxylation is 1. The summed E-state index contributed by atoms with van der Waals surface area (Å²) in [6.07, 6.45) is 0. The van der Waals surface area contributed by atoms with Crippen LogP contribution in [-0.4, -0.2) is 32.0 Å². The molecule has 0 aliphatic rings. The molecule has 6 heteroatoms. The van der Waals surface area contributed by atoms with Gasteiger partial charge in [0.05, 0.1) is 24.2 Å². The molecule has 1 aromatic heterocycles. The van der Waals surface area contributed by atoms with E-state index in [2.05, 4.69) is 0 Å². The highest BCUT2D eigenvalue weighted by molar-refractivity contribution is 7.62. The van der Waals surface area contributed by atoms with Crippen molar-refractivity contribution in [2.24, 2.45) is 0 Å². The van der Waals surface area contributed by atoms with Gasteiger partial charge in [0.2, 0.25) is 0 Å². The van der Waals surface area contributed by atoms with Gasteiger partial charge in [0.25, 0.3) is 0 Å². The molecule has 0 spiro atoms. The molecule has 0 unspecified atom stereocenters. The lowest BCUT2D eigenvalue weighted by atomic mass is 10.4. The van der Waals surface area contributed by atoms with E-state index in [0.717, 1.165) is 11.4 Å². The molecule has 1 heterocycles. The molecule has 0 saturated heterocycles. The highest BCUT2D eigenvalue weighted by Crippen LogP contribution is 2.48. The minimum atomic E-state index is -3.20. The summed E-state index contributed by atoms with van der Waals surface area (Å²) in [5.74, 6) is 0. The highest BCUT2D eigenvalue weighted by atomic mass is 31.2. The van der Waals surface area contributed by atoms with E-state index in [1.54, 1.807) is 0 Å². The summed E-state index contributed by atoms with van der Waals surface area (Å²) >= 11 is 0. The van der Waals surface area contributed by atoms with Gasteiger partial charge in [0, 0.05) is 19.8 Å². The van der Waals surface area contributed by atoms with Crippen molar-refractivity contribution in [1.29, 1.82) is 0 Å². The Labute approximate surface area is 109 Å². The molecule has 0 bridgehead atoms. The Morgan fingerprint density at radius 2 is 1.72 bits per heavy atom. The van der Waals surface area contributed by atoms with Crippen molar-refractivity contribution >= 4 is 12.9 Å². The number of hydrogen-bond donors (Lipinski definition) is 0. The van der Waals surface area contributed by atoms with Crippen LogP contribution in [0.15, 0.2) is 6.07 Å². The molecule has 0 aliphatic heterocycles. The molecular weight excluding hydrogens is 251 g/mol. The minimum absolute atomic E-state index is 0.364. The number of aromatic nitrogens is 1. The Hall–Kier alpha value is -0.770. The van der Waals surface area contributed by atoms with Gasteiger partial charge in [0.1, 0.15) is 0 Å². The summed E-state index contributed by atoms with van der Waals surface area (Å²) in [7, 11) is 0.678. The lowest BCUT2D eigenvalue weighted by Crippen LogP contribution is -2.28. The van der Waals surface area contributed by atoms with E-state index in [4.69, 9.17) is 9.05 Å². The lowest BCUT2D eigenvalue weighted by Gasteiger charge is -2.21. The van der Waals surface area contributed by atoms with Gasteiger partial charge in [0.15, 0.2) is 0 Å². The molecule has 0 radical (unpaired) electrons. The number of nitrogens with zero attached hydrogens (tertiary/aromatic N) is 2. The monoisotopic (exact) mass is 274 g/mol. The second kappa shape index (κ2) is 5.91. The quantitative estimate of drug-likeness (QED) is 0.746. The maximum Gasteiger partial charge on any atom is 0.363 e. The third-order valence-electron chi connectivity index (χ3n) is 2.66. The second-order valence-electron chi connectivity index (χ2n) is 4.25. The van der Waals surface area contributed by atoms with E-state index >= 15 is 0 Å². The van der Waals surface area contributed by atoms with Gasteiger partial charge in [-0.3, -0.25) is 9.24 Å². The van der Waals surface area contributed by atoms with Gasteiger partial charge < -0.3 is 14.1 Å². The van der Waals surface area contributed by atoms with E-state index in [0.29, 0.717) is 18.5 Å². The highest BCUT2D eigenvalue weighted by Gasteiger charge is 2.31. The predicted molar refractivity (Wildman–Crippen MR) is 74.5 cm³/mol. The zero-order chi connectivity index (χ0) is 13.9. The Morgan fingerprint density at radius 1 is 1.22 bits per heavy atom. The Kier molecular flexibility index (Phi) is 5.02. The summed E-state index contributed by atoms with van der Waals surface area (Å²) in [6, 6.07) is 1.88. The van der Waals surface area contributed by atoms with Crippen LogP contribution in [0.5, 0.6) is 0 Å². The van der Waals surface area contributed by atoms with Crippen LogP contribution in [0.25, 0.3) is 0 Å². The van der Waals surface area contributed by atoms with Crippen LogP contribution in [0, 0.1) is 13.8 Å². The largest absolute Gasteiger partial charge is 0.363 e. The Bertz CT molecular complexity index is 444. The summed E-state index contributed by atoms with van der Waals surface area (Å²) in [5.41, 5.74) is 1.90. The van der Waals surface area contributed by atoms with Crippen LogP contribution >= 0.6 is 7.60 Å². The predicted octanol–water partition coefficient (Wildman–Crippen LogP) is 2.19. The molecule has 0 amide bonds. The van der Waals surface area contributed by atoms with E-state index in [-0.39, 0.29) is 0 Å².